The predicted octanol–water partition coefficient (Wildman–Crippen LogP) is 2.60. The minimum absolute atomic E-state index is 0.668. The largest absolute Gasteiger partial charge is 0.492 e. The fraction of sp³-hybridized carbons (Fsp3) is 0.385. The third-order valence-electron chi connectivity index (χ3n) is 2.59. The summed E-state index contributed by atoms with van der Waals surface area (Å²) in [6.07, 6.45) is 1.70. The van der Waals surface area contributed by atoms with Crippen molar-refractivity contribution in [2.24, 2.45) is 7.05 Å². The maximum Gasteiger partial charge on any atom is 0.190 e. The van der Waals surface area contributed by atoms with Gasteiger partial charge in [0.15, 0.2) is 5.16 Å². The van der Waals surface area contributed by atoms with Gasteiger partial charge in [0, 0.05) is 12.8 Å². The fourth-order valence-electron chi connectivity index (χ4n) is 1.55. The van der Waals surface area contributed by atoms with E-state index < -0.39 is 0 Å². The van der Waals surface area contributed by atoms with Gasteiger partial charge in [0.25, 0.3) is 0 Å². The van der Waals surface area contributed by atoms with E-state index in [0.29, 0.717) is 6.61 Å². The lowest BCUT2D eigenvalue weighted by molar-refractivity contribution is 0.341. The molecule has 2 rings (SSSR count). The van der Waals surface area contributed by atoms with Crippen molar-refractivity contribution in [3.05, 3.63) is 35.7 Å². The highest BCUT2D eigenvalue weighted by Crippen LogP contribution is 2.20. The lowest BCUT2D eigenvalue weighted by atomic mass is 10.1. The zero-order valence-corrected chi connectivity index (χ0v) is 11.7. The second kappa shape index (κ2) is 5.91. The molecule has 0 aliphatic rings. The van der Waals surface area contributed by atoms with E-state index in [0.717, 1.165) is 16.7 Å². The van der Waals surface area contributed by atoms with E-state index in [9.17, 15) is 0 Å². The van der Waals surface area contributed by atoms with Crippen molar-refractivity contribution in [1.29, 1.82) is 0 Å². The number of aryl methyl sites for hydroxylation is 3. The lowest BCUT2D eigenvalue weighted by Gasteiger charge is -2.09. The summed E-state index contributed by atoms with van der Waals surface area (Å²) < 4.78 is 7.68. The van der Waals surface area contributed by atoms with Crippen LogP contribution in [-0.4, -0.2) is 27.1 Å². The molecular weight excluding hydrogens is 246 g/mol. The Morgan fingerprint density at radius 2 is 2.17 bits per heavy atom. The molecule has 0 aliphatic heterocycles. The summed E-state index contributed by atoms with van der Waals surface area (Å²) in [6.45, 7) is 4.80. The van der Waals surface area contributed by atoms with Crippen LogP contribution in [0.1, 0.15) is 11.1 Å². The Bertz CT molecular complexity index is 525. The summed E-state index contributed by atoms with van der Waals surface area (Å²) in [5, 5.41) is 8.76. The SMILES string of the molecule is Cc1ccc(C)c(OCCSc2nncn2C)c1. The van der Waals surface area contributed by atoms with Gasteiger partial charge in [0.1, 0.15) is 12.1 Å². The average Bonchev–Trinajstić information content (AvgIpc) is 2.75. The Morgan fingerprint density at radius 3 is 2.89 bits per heavy atom. The zero-order chi connectivity index (χ0) is 13.0. The standard InChI is InChI=1S/C13H17N3OS/c1-10-4-5-11(2)12(8-10)17-6-7-18-13-15-14-9-16(13)3/h4-5,8-9H,6-7H2,1-3H3. The van der Waals surface area contributed by atoms with Crippen molar-refractivity contribution in [2.75, 3.05) is 12.4 Å². The highest BCUT2D eigenvalue weighted by atomic mass is 32.2. The summed E-state index contributed by atoms with van der Waals surface area (Å²) in [7, 11) is 1.94. The monoisotopic (exact) mass is 263 g/mol. The van der Waals surface area contributed by atoms with E-state index in [2.05, 4.69) is 42.2 Å². The molecule has 1 heterocycles. The van der Waals surface area contributed by atoms with Crippen LogP contribution < -0.4 is 4.74 Å². The Balaban J connectivity index is 1.82. The molecule has 0 saturated heterocycles. The van der Waals surface area contributed by atoms with Gasteiger partial charge >= 0.3 is 0 Å². The number of rotatable bonds is 5. The first-order valence-corrected chi connectivity index (χ1v) is 6.82. The third-order valence-corrected chi connectivity index (χ3v) is 3.58. The molecule has 5 heteroatoms. The molecule has 96 valence electrons. The molecule has 0 atom stereocenters. The van der Waals surface area contributed by atoms with Gasteiger partial charge in [-0.25, -0.2) is 0 Å². The third kappa shape index (κ3) is 3.26. The van der Waals surface area contributed by atoms with E-state index in [1.54, 1.807) is 18.1 Å². The first-order chi connectivity index (χ1) is 8.66. The van der Waals surface area contributed by atoms with Gasteiger partial charge in [-0.2, -0.15) is 0 Å². The van der Waals surface area contributed by atoms with Crippen molar-refractivity contribution in [3.63, 3.8) is 0 Å². The highest BCUT2D eigenvalue weighted by Gasteiger charge is 2.03. The van der Waals surface area contributed by atoms with Crippen LogP contribution in [0.5, 0.6) is 5.75 Å². The lowest BCUT2D eigenvalue weighted by Crippen LogP contribution is -2.02. The average molecular weight is 263 g/mol. The molecule has 2 aromatic rings. The van der Waals surface area contributed by atoms with Gasteiger partial charge < -0.3 is 9.30 Å². The van der Waals surface area contributed by atoms with Crippen LogP contribution in [0.4, 0.5) is 0 Å². The van der Waals surface area contributed by atoms with E-state index >= 15 is 0 Å². The normalized spacial score (nSPS) is 10.6. The number of hydrogen-bond acceptors (Lipinski definition) is 4. The Morgan fingerprint density at radius 1 is 1.33 bits per heavy atom. The summed E-state index contributed by atoms with van der Waals surface area (Å²) >= 11 is 1.65. The second-order valence-electron chi connectivity index (χ2n) is 4.19. The van der Waals surface area contributed by atoms with Crippen LogP contribution in [-0.2, 0) is 7.05 Å². The van der Waals surface area contributed by atoms with E-state index in [1.165, 1.54) is 11.1 Å². The van der Waals surface area contributed by atoms with Gasteiger partial charge in [0.2, 0.25) is 0 Å². The molecule has 1 aromatic carbocycles. The van der Waals surface area contributed by atoms with E-state index in [4.69, 9.17) is 4.74 Å². The van der Waals surface area contributed by atoms with Crippen LogP contribution in [0.3, 0.4) is 0 Å². The Labute approximate surface area is 111 Å². The quantitative estimate of drug-likeness (QED) is 0.614. The predicted molar refractivity (Wildman–Crippen MR) is 73.1 cm³/mol. The number of benzene rings is 1. The fourth-order valence-corrected chi connectivity index (χ4v) is 2.26. The van der Waals surface area contributed by atoms with E-state index in [-0.39, 0.29) is 0 Å². The molecule has 0 fully saturated rings. The van der Waals surface area contributed by atoms with Crippen LogP contribution in [0.25, 0.3) is 0 Å². The van der Waals surface area contributed by atoms with Crippen molar-refractivity contribution < 1.29 is 4.74 Å². The minimum Gasteiger partial charge on any atom is -0.492 e. The van der Waals surface area contributed by atoms with Crippen molar-refractivity contribution in [2.45, 2.75) is 19.0 Å². The molecule has 1 aromatic heterocycles. The molecule has 0 N–H and O–H groups in total. The maximum absolute atomic E-state index is 5.78. The summed E-state index contributed by atoms with van der Waals surface area (Å²) in [5.41, 5.74) is 2.39. The number of hydrogen-bond donors (Lipinski definition) is 0. The topological polar surface area (TPSA) is 39.9 Å². The van der Waals surface area contributed by atoms with Crippen molar-refractivity contribution in [3.8, 4) is 5.75 Å². The maximum atomic E-state index is 5.78. The first kappa shape index (κ1) is 13.0. The highest BCUT2D eigenvalue weighted by molar-refractivity contribution is 7.99. The molecule has 0 spiro atoms. The van der Waals surface area contributed by atoms with Gasteiger partial charge in [-0.05, 0) is 31.0 Å². The van der Waals surface area contributed by atoms with Gasteiger partial charge in [0.05, 0.1) is 6.61 Å². The molecule has 4 nitrogen and oxygen atoms in total. The molecule has 0 amide bonds. The summed E-state index contributed by atoms with van der Waals surface area (Å²) in [6, 6.07) is 6.25. The molecule has 18 heavy (non-hydrogen) atoms. The number of nitrogens with zero attached hydrogens (tertiary/aromatic N) is 3. The number of thioether (sulfide) groups is 1. The number of ether oxygens (including phenoxy) is 1. The smallest absolute Gasteiger partial charge is 0.190 e. The Hall–Kier alpha value is -1.49. The van der Waals surface area contributed by atoms with Gasteiger partial charge in [-0.3, -0.25) is 0 Å². The van der Waals surface area contributed by atoms with Crippen molar-refractivity contribution >= 4 is 11.8 Å². The molecule has 0 radical (unpaired) electrons. The summed E-state index contributed by atoms with van der Waals surface area (Å²) in [4.78, 5) is 0. The van der Waals surface area contributed by atoms with Gasteiger partial charge in [-0.1, -0.05) is 23.9 Å². The van der Waals surface area contributed by atoms with Crippen LogP contribution >= 0.6 is 11.8 Å². The molecule has 0 aliphatic carbocycles. The van der Waals surface area contributed by atoms with Gasteiger partial charge in [-0.15, -0.1) is 10.2 Å². The van der Waals surface area contributed by atoms with Crippen molar-refractivity contribution in [1.82, 2.24) is 14.8 Å². The molecule has 0 unspecified atom stereocenters. The molecular formula is C13H17N3OS. The first-order valence-electron chi connectivity index (χ1n) is 5.83. The van der Waals surface area contributed by atoms with Crippen LogP contribution in [0, 0.1) is 13.8 Å². The molecule has 0 saturated carbocycles. The van der Waals surface area contributed by atoms with E-state index in [1.807, 2.05) is 11.6 Å². The minimum atomic E-state index is 0.668. The molecule has 0 bridgehead atoms. The zero-order valence-electron chi connectivity index (χ0n) is 10.9. The second-order valence-corrected chi connectivity index (χ2v) is 5.25. The van der Waals surface area contributed by atoms with Crippen LogP contribution in [0.15, 0.2) is 29.7 Å². The van der Waals surface area contributed by atoms with Crippen LogP contribution in [0.2, 0.25) is 0 Å². The summed E-state index contributed by atoms with van der Waals surface area (Å²) in [5.74, 6) is 1.83. The Kier molecular flexibility index (Phi) is 4.25. The number of aromatic nitrogens is 3.